The normalized spacial score (nSPS) is 26.1. The van der Waals surface area contributed by atoms with Gasteiger partial charge in [0.25, 0.3) is 0 Å². The molecule has 0 spiro atoms. The summed E-state index contributed by atoms with van der Waals surface area (Å²) >= 11 is 1.66. The molecule has 0 N–H and O–H groups in total. The predicted molar refractivity (Wildman–Crippen MR) is 94.0 cm³/mol. The largest absolute Gasteiger partial charge is 0.337 e. The van der Waals surface area contributed by atoms with Crippen molar-refractivity contribution in [2.45, 2.75) is 63.5 Å². The lowest BCUT2D eigenvalue weighted by Gasteiger charge is -2.39. The van der Waals surface area contributed by atoms with Crippen molar-refractivity contribution in [3.8, 4) is 0 Å². The van der Waals surface area contributed by atoms with Crippen molar-refractivity contribution in [2.24, 2.45) is 7.05 Å². The van der Waals surface area contributed by atoms with Gasteiger partial charge >= 0.3 is 0 Å². The molecule has 128 valence electrons. The molecular weight excluding hydrogens is 320 g/mol. The van der Waals surface area contributed by atoms with Crippen LogP contribution >= 0.6 is 11.3 Å². The summed E-state index contributed by atoms with van der Waals surface area (Å²) < 4.78 is 1.99. The number of aromatic nitrogens is 3. The highest BCUT2D eigenvalue weighted by atomic mass is 32.1. The fourth-order valence-electron chi connectivity index (χ4n) is 4.53. The zero-order chi connectivity index (χ0) is 16.7. The maximum Gasteiger partial charge on any atom is 0.223 e. The van der Waals surface area contributed by atoms with E-state index in [1.165, 1.54) is 10.6 Å². The van der Waals surface area contributed by atoms with Crippen molar-refractivity contribution >= 4 is 17.2 Å². The third kappa shape index (κ3) is 2.77. The Morgan fingerprint density at radius 2 is 2.08 bits per heavy atom. The summed E-state index contributed by atoms with van der Waals surface area (Å²) in [6, 6.07) is 2.96. The third-order valence-corrected chi connectivity index (χ3v) is 6.70. The van der Waals surface area contributed by atoms with Gasteiger partial charge in [-0.3, -0.25) is 9.48 Å². The van der Waals surface area contributed by atoms with Gasteiger partial charge in [-0.05, 0) is 45.1 Å². The first kappa shape index (κ1) is 15.8. The van der Waals surface area contributed by atoms with E-state index >= 15 is 0 Å². The fourth-order valence-corrected chi connectivity index (χ4v) is 5.31. The zero-order valence-corrected chi connectivity index (χ0v) is 15.1. The molecule has 2 aromatic rings. The highest BCUT2D eigenvalue weighted by molar-refractivity contribution is 7.09. The molecule has 0 aliphatic carbocycles. The SMILES string of the molecule is Cc1ncsc1CCC(=O)N1C2CCC1CC(c1ccnn1C)C2. The number of aryl methyl sites for hydroxylation is 3. The van der Waals surface area contributed by atoms with Gasteiger partial charge in [0, 0.05) is 48.2 Å². The van der Waals surface area contributed by atoms with Crippen molar-refractivity contribution in [1.82, 2.24) is 19.7 Å². The number of nitrogens with zero attached hydrogens (tertiary/aromatic N) is 4. The molecule has 1 amide bonds. The monoisotopic (exact) mass is 344 g/mol. The number of carbonyl (C=O) groups excluding carboxylic acids is 1. The first-order chi connectivity index (χ1) is 11.6. The van der Waals surface area contributed by atoms with Crippen LogP contribution in [0.4, 0.5) is 0 Å². The molecule has 2 unspecified atom stereocenters. The topological polar surface area (TPSA) is 51.0 Å². The Labute approximate surface area is 146 Å². The number of hydrogen-bond donors (Lipinski definition) is 0. The maximum atomic E-state index is 12.8. The quantitative estimate of drug-likeness (QED) is 0.856. The van der Waals surface area contributed by atoms with E-state index in [-0.39, 0.29) is 0 Å². The summed E-state index contributed by atoms with van der Waals surface area (Å²) in [5, 5.41) is 4.31. The molecule has 0 aromatic carbocycles. The molecule has 0 radical (unpaired) electrons. The third-order valence-electron chi connectivity index (χ3n) is 5.71. The highest BCUT2D eigenvalue weighted by Crippen LogP contribution is 2.43. The molecule has 4 heterocycles. The van der Waals surface area contributed by atoms with Crippen LogP contribution < -0.4 is 0 Å². The minimum absolute atomic E-state index is 0.332. The minimum atomic E-state index is 0.332. The van der Waals surface area contributed by atoms with E-state index in [4.69, 9.17) is 0 Å². The van der Waals surface area contributed by atoms with Gasteiger partial charge in [-0.2, -0.15) is 5.10 Å². The number of amides is 1. The van der Waals surface area contributed by atoms with Crippen molar-refractivity contribution in [3.05, 3.63) is 34.0 Å². The van der Waals surface area contributed by atoms with Crippen LogP contribution in [0.2, 0.25) is 0 Å². The van der Waals surface area contributed by atoms with Crippen LogP contribution in [0.25, 0.3) is 0 Å². The van der Waals surface area contributed by atoms with Gasteiger partial charge in [0.2, 0.25) is 5.91 Å². The van der Waals surface area contributed by atoms with Gasteiger partial charge in [0.15, 0.2) is 0 Å². The van der Waals surface area contributed by atoms with Gasteiger partial charge in [-0.15, -0.1) is 11.3 Å². The van der Waals surface area contributed by atoms with Crippen molar-refractivity contribution in [3.63, 3.8) is 0 Å². The van der Waals surface area contributed by atoms with Crippen molar-refractivity contribution < 1.29 is 4.79 Å². The molecule has 2 fully saturated rings. The van der Waals surface area contributed by atoms with E-state index in [0.29, 0.717) is 30.3 Å². The molecule has 6 heteroatoms. The van der Waals surface area contributed by atoms with E-state index in [0.717, 1.165) is 37.8 Å². The Hall–Kier alpha value is -1.69. The molecule has 2 aromatic heterocycles. The van der Waals surface area contributed by atoms with Crippen LogP contribution in [-0.4, -0.2) is 37.7 Å². The maximum absolute atomic E-state index is 12.8. The number of thiazole rings is 1. The second kappa shape index (κ2) is 6.31. The molecule has 2 aliphatic heterocycles. The number of hydrogen-bond acceptors (Lipinski definition) is 4. The van der Waals surface area contributed by atoms with Gasteiger partial charge < -0.3 is 4.90 Å². The van der Waals surface area contributed by atoms with Crippen LogP contribution in [0.15, 0.2) is 17.8 Å². The molecule has 4 rings (SSSR count). The van der Waals surface area contributed by atoms with Crippen LogP contribution in [0.5, 0.6) is 0 Å². The average molecular weight is 344 g/mol. The molecule has 24 heavy (non-hydrogen) atoms. The summed E-state index contributed by atoms with van der Waals surface area (Å²) in [5.74, 6) is 0.876. The average Bonchev–Trinajstić information content (AvgIpc) is 3.24. The molecule has 2 aliphatic rings. The van der Waals surface area contributed by atoms with Gasteiger partial charge in [-0.1, -0.05) is 0 Å². The van der Waals surface area contributed by atoms with E-state index < -0.39 is 0 Å². The van der Waals surface area contributed by atoms with Gasteiger partial charge in [-0.25, -0.2) is 4.98 Å². The molecule has 5 nitrogen and oxygen atoms in total. The summed E-state index contributed by atoms with van der Waals surface area (Å²) in [7, 11) is 2.02. The molecule has 2 bridgehead atoms. The Morgan fingerprint density at radius 3 is 2.67 bits per heavy atom. The number of piperidine rings is 1. The highest BCUT2D eigenvalue weighted by Gasteiger charge is 2.43. The standard InChI is InChI=1S/C18H24N4OS/c1-12-17(24-11-19-12)5-6-18(23)22-14-3-4-15(22)10-13(9-14)16-7-8-20-21(16)2/h7-8,11,13-15H,3-6,9-10H2,1-2H3. The Kier molecular flexibility index (Phi) is 4.16. The summed E-state index contributed by atoms with van der Waals surface area (Å²) in [4.78, 5) is 20.6. The van der Waals surface area contributed by atoms with Crippen LogP contribution in [-0.2, 0) is 18.3 Å². The number of rotatable bonds is 4. The fraction of sp³-hybridized carbons (Fsp3) is 0.611. The zero-order valence-electron chi connectivity index (χ0n) is 14.3. The smallest absolute Gasteiger partial charge is 0.223 e. The summed E-state index contributed by atoms with van der Waals surface area (Å²) in [5.41, 5.74) is 4.27. The first-order valence-electron chi connectivity index (χ1n) is 8.81. The lowest BCUT2D eigenvalue weighted by atomic mass is 9.87. The molecule has 0 saturated carbocycles. The molecule has 2 atom stereocenters. The minimum Gasteiger partial charge on any atom is -0.337 e. The van der Waals surface area contributed by atoms with E-state index in [2.05, 4.69) is 21.0 Å². The first-order valence-corrected chi connectivity index (χ1v) is 9.69. The lowest BCUT2D eigenvalue weighted by molar-refractivity contribution is -0.135. The van der Waals surface area contributed by atoms with Crippen molar-refractivity contribution in [2.75, 3.05) is 0 Å². The Balaban J connectivity index is 1.42. The van der Waals surface area contributed by atoms with Gasteiger partial charge in [0.05, 0.1) is 11.2 Å². The predicted octanol–water partition coefficient (Wildman–Crippen LogP) is 3.05. The number of fused-ring (bicyclic) bond motifs is 2. The summed E-state index contributed by atoms with van der Waals surface area (Å²) in [6.07, 6.45) is 7.81. The molecular formula is C18H24N4OS. The lowest BCUT2D eigenvalue weighted by Crippen LogP contribution is -2.46. The molecule has 2 saturated heterocycles. The van der Waals surface area contributed by atoms with E-state index in [1.54, 1.807) is 11.3 Å². The van der Waals surface area contributed by atoms with Crippen LogP contribution in [0.1, 0.15) is 54.3 Å². The van der Waals surface area contributed by atoms with Crippen LogP contribution in [0.3, 0.4) is 0 Å². The van der Waals surface area contributed by atoms with Crippen LogP contribution in [0, 0.1) is 6.92 Å². The Bertz CT molecular complexity index is 723. The number of carbonyl (C=O) groups is 1. The second-order valence-electron chi connectivity index (χ2n) is 7.09. The summed E-state index contributed by atoms with van der Waals surface area (Å²) in [6.45, 7) is 2.03. The Morgan fingerprint density at radius 1 is 1.33 bits per heavy atom. The second-order valence-corrected chi connectivity index (χ2v) is 8.03. The van der Waals surface area contributed by atoms with E-state index in [1.807, 2.05) is 30.4 Å². The van der Waals surface area contributed by atoms with Gasteiger partial charge in [0.1, 0.15) is 0 Å². The van der Waals surface area contributed by atoms with Crippen molar-refractivity contribution in [1.29, 1.82) is 0 Å². The van der Waals surface area contributed by atoms with E-state index in [9.17, 15) is 4.79 Å².